The predicted octanol–water partition coefficient (Wildman–Crippen LogP) is 6.47. The highest BCUT2D eigenvalue weighted by atomic mass is 16.7. The average Bonchev–Trinajstić information content (AvgIpc) is 3.59. The number of benzene rings is 1. The Bertz CT molecular complexity index is 537. The van der Waals surface area contributed by atoms with E-state index in [2.05, 4.69) is 52.0 Å². The topological polar surface area (TPSA) is 40.2 Å². The number of epoxide rings is 1. The molecule has 0 aliphatic carbocycles. The fraction of sp³-hybridized carbons (Fsp3) is 0.769. The van der Waals surface area contributed by atoms with Gasteiger partial charge in [0.05, 0.1) is 19.3 Å². The van der Waals surface area contributed by atoms with Crippen molar-refractivity contribution in [2.24, 2.45) is 5.92 Å². The van der Waals surface area contributed by atoms with E-state index < -0.39 is 5.79 Å². The molecular weight excluding hydrogens is 376 g/mol. The van der Waals surface area contributed by atoms with Gasteiger partial charge in [-0.1, -0.05) is 82.7 Å². The first kappa shape index (κ1) is 25.3. The summed E-state index contributed by atoms with van der Waals surface area (Å²) in [6.45, 7) is 11.3. The van der Waals surface area contributed by atoms with Crippen LogP contribution >= 0.6 is 0 Å². The monoisotopic (exact) mass is 420 g/mol. The van der Waals surface area contributed by atoms with Gasteiger partial charge in [-0.3, -0.25) is 0 Å². The van der Waals surface area contributed by atoms with E-state index >= 15 is 0 Å². The van der Waals surface area contributed by atoms with Crippen LogP contribution in [0.4, 0.5) is 0 Å². The normalized spacial score (nSPS) is 18.3. The summed E-state index contributed by atoms with van der Waals surface area (Å²) in [4.78, 5) is 0. The van der Waals surface area contributed by atoms with Crippen LogP contribution in [0.1, 0.15) is 84.6 Å². The second kappa shape index (κ2) is 14.2. The van der Waals surface area contributed by atoms with E-state index in [4.69, 9.17) is 18.9 Å². The Balaban J connectivity index is 2.29. The Labute approximate surface area is 184 Å². The SMILES string of the molecule is CCCCCCCC(OCC1CO1)C(CCC)C(OCC)(OCC)c1ccccc1. The van der Waals surface area contributed by atoms with Crippen LogP contribution in [0.5, 0.6) is 0 Å². The Morgan fingerprint density at radius 2 is 1.57 bits per heavy atom. The third kappa shape index (κ3) is 7.64. The largest absolute Gasteiger partial charge is 0.375 e. The van der Waals surface area contributed by atoms with Crippen molar-refractivity contribution in [3.05, 3.63) is 35.9 Å². The second-order valence-electron chi connectivity index (χ2n) is 8.32. The summed E-state index contributed by atoms with van der Waals surface area (Å²) in [5.41, 5.74) is 1.09. The van der Waals surface area contributed by atoms with E-state index in [9.17, 15) is 0 Å². The maximum Gasteiger partial charge on any atom is 0.200 e. The number of hydrogen-bond donors (Lipinski definition) is 0. The van der Waals surface area contributed by atoms with Crippen LogP contribution in [-0.4, -0.2) is 38.6 Å². The lowest BCUT2D eigenvalue weighted by Gasteiger charge is -2.44. The first-order valence-corrected chi connectivity index (χ1v) is 12.3. The molecule has 0 saturated carbocycles. The maximum absolute atomic E-state index is 6.52. The summed E-state index contributed by atoms with van der Waals surface area (Å²) >= 11 is 0. The van der Waals surface area contributed by atoms with Crippen LogP contribution in [0.15, 0.2) is 30.3 Å². The molecule has 2 rings (SSSR count). The van der Waals surface area contributed by atoms with Crippen LogP contribution in [0.25, 0.3) is 0 Å². The van der Waals surface area contributed by atoms with Crippen molar-refractivity contribution in [3.8, 4) is 0 Å². The molecule has 1 aliphatic heterocycles. The Morgan fingerprint density at radius 3 is 2.13 bits per heavy atom. The minimum atomic E-state index is -0.779. The van der Waals surface area contributed by atoms with Gasteiger partial charge in [-0.05, 0) is 26.7 Å². The Hall–Kier alpha value is -0.940. The van der Waals surface area contributed by atoms with Gasteiger partial charge in [0.15, 0.2) is 5.79 Å². The van der Waals surface area contributed by atoms with Crippen molar-refractivity contribution in [2.75, 3.05) is 26.4 Å². The molecule has 0 radical (unpaired) electrons. The summed E-state index contributed by atoms with van der Waals surface area (Å²) in [5, 5.41) is 0. The number of ether oxygens (including phenoxy) is 4. The lowest BCUT2D eigenvalue weighted by atomic mass is 9.81. The fourth-order valence-electron chi connectivity index (χ4n) is 4.41. The van der Waals surface area contributed by atoms with Crippen LogP contribution in [0.2, 0.25) is 0 Å². The van der Waals surface area contributed by atoms with Crippen molar-refractivity contribution in [3.63, 3.8) is 0 Å². The molecule has 1 heterocycles. The van der Waals surface area contributed by atoms with Crippen molar-refractivity contribution < 1.29 is 18.9 Å². The van der Waals surface area contributed by atoms with Crippen molar-refractivity contribution in [2.45, 2.75) is 97.1 Å². The maximum atomic E-state index is 6.52. The molecule has 172 valence electrons. The van der Waals surface area contributed by atoms with E-state index in [1.54, 1.807) is 0 Å². The lowest BCUT2D eigenvalue weighted by Crippen LogP contribution is -2.47. The van der Waals surface area contributed by atoms with Gasteiger partial charge >= 0.3 is 0 Å². The summed E-state index contributed by atoms with van der Waals surface area (Å²) in [6, 6.07) is 10.5. The van der Waals surface area contributed by atoms with Gasteiger partial charge in [-0.15, -0.1) is 0 Å². The molecule has 0 bridgehead atoms. The molecule has 1 saturated heterocycles. The molecular formula is C26H44O4. The van der Waals surface area contributed by atoms with Gasteiger partial charge in [0.1, 0.15) is 6.10 Å². The zero-order valence-electron chi connectivity index (χ0n) is 19.7. The van der Waals surface area contributed by atoms with Crippen molar-refractivity contribution in [1.82, 2.24) is 0 Å². The summed E-state index contributed by atoms with van der Waals surface area (Å²) in [7, 11) is 0. The fourth-order valence-corrected chi connectivity index (χ4v) is 4.41. The third-order valence-electron chi connectivity index (χ3n) is 5.92. The molecule has 4 nitrogen and oxygen atoms in total. The van der Waals surface area contributed by atoms with Gasteiger partial charge in [-0.25, -0.2) is 0 Å². The molecule has 0 amide bonds. The molecule has 1 aromatic carbocycles. The van der Waals surface area contributed by atoms with E-state index in [1.165, 1.54) is 32.1 Å². The average molecular weight is 421 g/mol. The molecule has 4 heteroatoms. The van der Waals surface area contributed by atoms with Crippen molar-refractivity contribution >= 4 is 0 Å². The molecule has 0 aromatic heterocycles. The van der Waals surface area contributed by atoms with Crippen LogP contribution in [0, 0.1) is 5.92 Å². The highest BCUT2D eigenvalue weighted by Crippen LogP contribution is 2.42. The molecule has 3 unspecified atom stereocenters. The van der Waals surface area contributed by atoms with Gasteiger partial charge < -0.3 is 18.9 Å². The smallest absolute Gasteiger partial charge is 0.200 e. The quantitative estimate of drug-likeness (QED) is 0.155. The summed E-state index contributed by atoms with van der Waals surface area (Å²) in [5.74, 6) is -0.645. The van der Waals surface area contributed by atoms with Gasteiger partial charge in [0.25, 0.3) is 0 Å². The van der Waals surface area contributed by atoms with Crippen LogP contribution < -0.4 is 0 Å². The predicted molar refractivity (Wildman–Crippen MR) is 123 cm³/mol. The van der Waals surface area contributed by atoms with E-state index in [0.717, 1.165) is 31.4 Å². The third-order valence-corrected chi connectivity index (χ3v) is 5.92. The summed E-state index contributed by atoms with van der Waals surface area (Å²) in [6.07, 6.45) is 9.77. The molecule has 1 fully saturated rings. The zero-order chi connectivity index (χ0) is 21.7. The number of hydrogen-bond acceptors (Lipinski definition) is 4. The zero-order valence-corrected chi connectivity index (χ0v) is 19.7. The minimum absolute atomic E-state index is 0.0917. The Morgan fingerprint density at radius 1 is 0.900 bits per heavy atom. The number of rotatable bonds is 18. The first-order chi connectivity index (χ1) is 14.7. The van der Waals surface area contributed by atoms with Crippen LogP contribution in [0.3, 0.4) is 0 Å². The minimum Gasteiger partial charge on any atom is -0.375 e. The van der Waals surface area contributed by atoms with Gasteiger partial charge in [0.2, 0.25) is 0 Å². The van der Waals surface area contributed by atoms with Gasteiger partial charge in [0, 0.05) is 24.7 Å². The van der Waals surface area contributed by atoms with Crippen LogP contribution in [-0.2, 0) is 24.7 Å². The number of unbranched alkanes of at least 4 members (excludes halogenated alkanes) is 4. The highest BCUT2D eigenvalue weighted by Gasteiger charge is 2.46. The first-order valence-electron chi connectivity index (χ1n) is 12.3. The second-order valence-corrected chi connectivity index (χ2v) is 8.32. The summed E-state index contributed by atoms with van der Waals surface area (Å²) < 4.78 is 24.9. The highest BCUT2D eigenvalue weighted by molar-refractivity contribution is 5.22. The molecule has 1 aromatic rings. The van der Waals surface area contributed by atoms with Gasteiger partial charge in [-0.2, -0.15) is 0 Å². The molecule has 30 heavy (non-hydrogen) atoms. The van der Waals surface area contributed by atoms with E-state index in [0.29, 0.717) is 19.8 Å². The Kier molecular flexibility index (Phi) is 12.0. The van der Waals surface area contributed by atoms with E-state index in [1.807, 2.05) is 6.07 Å². The molecule has 1 aliphatic rings. The molecule has 0 spiro atoms. The molecule has 3 atom stereocenters. The lowest BCUT2D eigenvalue weighted by molar-refractivity contribution is -0.293. The molecule has 0 N–H and O–H groups in total. The van der Waals surface area contributed by atoms with E-state index in [-0.39, 0.29) is 18.1 Å². The van der Waals surface area contributed by atoms with Crippen molar-refractivity contribution in [1.29, 1.82) is 0 Å². The standard InChI is InChI=1S/C26H44O4/c1-5-9-10-11-15-19-25(28-21-23-20-27-23)24(16-6-2)26(29-7-3,30-8-4)22-17-13-12-14-18-22/h12-14,17-18,23-25H,5-11,15-16,19-21H2,1-4H3.